The van der Waals surface area contributed by atoms with Crippen LogP contribution in [0.5, 0.6) is 0 Å². The van der Waals surface area contributed by atoms with E-state index in [1.54, 1.807) is 13.8 Å². The van der Waals surface area contributed by atoms with Crippen molar-refractivity contribution >= 4 is 26.8 Å². The molecule has 0 saturated carbocycles. The Balaban J connectivity index is 1.49. The van der Waals surface area contributed by atoms with Gasteiger partial charge in [-0.25, -0.2) is 17.8 Å². The summed E-state index contributed by atoms with van der Waals surface area (Å²) in [7, 11) is -3.81. The summed E-state index contributed by atoms with van der Waals surface area (Å²) in [5, 5.41) is 3.81. The van der Waals surface area contributed by atoms with Gasteiger partial charge in [0.15, 0.2) is 5.76 Å². The fourth-order valence-corrected chi connectivity index (χ4v) is 5.61. The Morgan fingerprint density at radius 3 is 2.69 bits per heavy atom. The highest BCUT2D eigenvalue weighted by atomic mass is 32.2. The zero-order valence-electron chi connectivity index (χ0n) is 17.6. The fraction of sp³-hybridized carbons (Fsp3) is 0.400. The van der Waals surface area contributed by atoms with Gasteiger partial charge in [-0.3, -0.25) is 14.2 Å². The Labute approximate surface area is 183 Å². The van der Waals surface area contributed by atoms with Gasteiger partial charge in [0.05, 0.1) is 17.2 Å². The van der Waals surface area contributed by atoms with Gasteiger partial charge < -0.3 is 9.42 Å². The first kappa shape index (κ1) is 22.1. The number of carbonyl (C=O) groups is 1. The number of rotatable bonds is 4. The van der Waals surface area contributed by atoms with E-state index in [2.05, 4.69) is 10.1 Å². The third-order valence-electron chi connectivity index (χ3n) is 5.46. The number of aromatic nitrogens is 3. The van der Waals surface area contributed by atoms with Crippen LogP contribution in [0, 0.1) is 19.7 Å². The van der Waals surface area contributed by atoms with Crippen LogP contribution in [0.25, 0.3) is 10.9 Å². The van der Waals surface area contributed by atoms with E-state index in [0.717, 1.165) is 10.6 Å². The van der Waals surface area contributed by atoms with Crippen molar-refractivity contribution in [2.45, 2.75) is 31.7 Å². The number of hydrogen-bond donors (Lipinski definition) is 0. The molecule has 0 bridgehead atoms. The largest absolute Gasteiger partial charge is 0.360 e. The standard InChI is InChI=1S/C20H22FN5O5S/c1-13-19(14(2)31-23-13)32(29,30)26-7-3-6-24(8-9-26)18(27)11-25-12-22-17-5-4-15(21)10-16(17)20(25)28/h4-5,10,12H,3,6-9,11H2,1-2H3. The number of aryl methyl sites for hydroxylation is 2. The molecule has 0 atom stereocenters. The molecule has 1 amide bonds. The van der Waals surface area contributed by atoms with Crippen LogP contribution in [0.15, 0.2) is 38.7 Å². The molecule has 1 aromatic carbocycles. The number of halogens is 1. The molecule has 3 aromatic rings. The number of benzene rings is 1. The summed E-state index contributed by atoms with van der Waals surface area (Å²) < 4.78 is 47.1. The van der Waals surface area contributed by atoms with Gasteiger partial charge in [-0.1, -0.05) is 5.16 Å². The molecule has 1 aliphatic rings. The molecule has 1 fully saturated rings. The normalized spacial score (nSPS) is 15.8. The summed E-state index contributed by atoms with van der Waals surface area (Å²) in [4.78, 5) is 31.2. The van der Waals surface area contributed by atoms with E-state index in [4.69, 9.17) is 4.52 Å². The van der Waals surface area contributed by atoms with Crippen LogP contribution >= 0.6 is 0 Å². The maximum absolute atomic E-state index is 13.5. The molecule has 32 heavy (non-hydrogen) atoms. The molecule has 12 heteroatoms. The van der Waals surface area contributed by atoms with Crippen LogP contribution < -0.4 is 5.56 Å². The molecule has 0 radical (unpaired) electrons. The molecular weight excluding hydrogens is 441 g/mol. The Bertz CT molecular complexity index is 1330. The highest BCUT2D eigenvalue weighted by Crippen LogP contribution is 2.24. The molecule has 0 unspecified atom stereocenters. The number of nitrogens with zero attached hydrogens (tertiary/aromatic N) is 5. The maximum atomic E-state index is 13.5. The predicted molar refractivity (Wildman–Crippen MR) is 112 cm³/mol. The number of hydrogen-bond acceptors (Lipinski definition) is 7. The highest BCUT2D eigenvalue weighted by Gasteiger charge is 2.33. The highest BCUT2D eigenvalue weighted by molar-refractivity contribution is 7.89. The quantitative estimate of drug-likeness (QED) is 0.568. The molecule has 0 N–H and O–H groups in total. The van der Waals surface area contributed by atoms with Crippen molar-refractivity contribution in [3.8, 4) is 0 Å². The van der Waals surface area contributed by atoms with E-state index in [1.165, 1.54) is 27.7 Å². The molecular formula is C20H22FN5O5S. The average molecular weight is 463 g/mol. The molecule has 1 saturated heterocycles. The van der Waals surface area contributed by atoms with Crippen molar-refractivity contribution in [3.63, 3.8) is 0 Å². The second kappa shape index (κ2) is 8.43. The smallest absolute Gasteiger partial charge is 0.261 e. The summed E-state index contributed by atoms with van der Waals surface area (Å²) >= 11 is 0. The molecule has 0 aliphatic carbocycles. The lowest BCUT2D eigenvalue weighted by Gasteiger charge is -2.22. The zero-order chi connectivity index (χ0) is 23.0. The van der Waals surface area contributed by atoms with E-state index < -0.39 is 21.4 Å². The molecule has 10 nitrogen and oxygen atoms in total. The third kappa shape index (κ3) is 4.02. The first-order valence-corrected chi connectivity index (χ1v) is 11.5. The predicted octanol–water partition coefficient (Wildman–Crippen LogP) is 1.06. The first-order valence-electron chi connectivity index (χ1n) is 10.0. The topological polar surface area (TPSA) is 119 Å². The van der Waals surface area contributed by atoms with Crippen LogP contribution in [0.3, 0.4) is 0 Å². The van der Waals surface area contributed by atoms with Gasteiger partial charge in [0.1, 0.15) is 23.0 Å². The van der Waals surface area contributed by atoms with Gasteiger partial charge in [0.25, 0.3) is 5.56 Å². The Hall–Kier alpha value is -3.12. The maximum Gasteiger partial charge on any atom is 0.261 e. The van der Waals surface area contributed by atoms with Gasteiger partial charge in [-0.15, -0.1) is 0 Å². The van der Waals surface area contributed by atoms with E-state index in [-0.39, 0.29) is 48.1 Å². The minimum Gasteiger partial charge on any atom is -0.360 e. The molecule has 170 valence electrons. The summed E-state index contributed by atoms with van der Waals surface area (Å²) in [6.45, 7) is 3.71. The fourth-order valence-electron chi connectivity index (χ4n) is 3.85. The zero-order valence-corrected chi connectivity index (χ0v) is 18.4. The summed E-state index contributed by atoms with van der Waals surface area (Å²) in [6, 6.07) is 3.71. The SMILES string of the molecule is Cc1noc(C)c1S(=O)(=O)N1CCCN(C(=O)Cn2cnc3ccc(F)cc3c2=O)CC1. The Kier molecular flexibility index (Phi) is 5.82. The summed E-state index contributed by atoms with van der Waals surface area (Å²) in [5.41, 5.74) is 0.120. The first-order chi connectivity index (χ1) is 15.2. The molecule has 4 rings (SSSR count). The number of sulfonamides is 1. The van der Waals surface area contributed by atoms with Gasteiger partial charge in [-0.05, 0) is 38.5 Å². The van der Waals surface area contributed by atoms with Crippen LogP contribution in [0.2, 0.25) is 0 Å². The monoisotopic (exact) mass is 463 g/mol. The second-order valence-electron chi connectivity index (χ2n) is 7.63. The van der Waals surface area contributed by atoms with Crippen LogP contribution in [0.4, 0.5) is 4.39 Å². The van der Waals surface area contributed by atoms with Gasteiger partial charge >= 0.3 is 0 Å². The molecule has 1 aliphatic heterocycles. The summed E-state index contributed by atoms with van der Waals surface area (Å²) in [6.07, 6.45) is 1.69. The van der Waals surface area contributed by atoms with Crippen molar-refractivity contribution in [2.24, 2.45) is 0 Å². The third-order valence-corrected chi connectivity index (χ3v) is 7.61. The van der Waals surface area contributed by atoms with Gasteiger partial charge in [-0.2, -0.15) is 4.31 Å². The molecule has 3 heterocycles. The van der Waals surface area contributed by atoms with E-state index in [1.807, 2.05) is 0 Å². The lowest BCUT2D eigenvalue weighted by atomic mass is 10.2. The second-order valence-corrected chi connectivity index (χ2v) is 9.51. The minimum atomic E-state index is -3.81. The lowest BCUT2D eigenvalue weighted by molar-refractivity contribution is -0.131. The number of amides is 1. The van der Waals surface area contributed by atoms with Crippen molar-refractivity contribution in [2.75, 3.05) is 26.2 Å². The van der Waals surface area contributed by atoms with Crippen LogP contribution in [0.1, 0.15) is 17.9 Å². The van der Waals surface area contributed by atoms with Gasteiger partial charge in [0, 0.05) is 26.2 Å². The Morgan fingerprint density at radius 1 is 1.19 bits per heavy atom. The number of fused-ring (bicyclic) bond motifs is 1. The van der Waals surface area contributed by atoms with E-state index in [0.29, 0.717) is 24.2 Å². The summed E-state index contributed by atoms with van der Waals surface area (Å²) in [5.74, 6) is -0.687. The van der Waals surface area contributed by atoms with Crippen LogP contribution in [-0.2, 0) is 21.4 Å². The van der Waals surface area contributed by atoms with Gasteiger partial charge in [0.2, 0.25) is 15.9 Å². The van der Waals surface area contributed by atoms with Crippen LogP contribution in [-0.4, -0.2) is 64.4 Å². The minimum absolute atomic E-state index is 0.0540. The van der Waals surface area contributed by atoms with E-state index in [9.17, 15) is 22.4 Å². The number of carbonyl (C=O) groups excluding carboxylic acids is 1. The molecule has 2 aromatic heterocycles. The Morgan fingerprint density at radius 2 is 1.97 bits per heavy atom. The van der Waals surface area contributed by atoms with Crippen molar-refractivity contribution in [1.29, 1.82) is 0 Å². The van der Waals surface area contributed by atoms with E-state index >= 15 is 0 Å². The lowest BCUT2D eigenvalue weighted by Crippen LogP contribution is -2.40. The van der Waals surface area contributed by atoms with Crippen molar-refractivity contribution in [3.05, 3.63) is 52.2 Å². The van der Waals surface area contributed by atoms with Crippen molar-refractivity contribution in [1.82, 2.24) is 23.9 Å². The average Bonchev–Trinajstić information content (AvgIpc) is 2.94. The molecule has 0 spiro atoms. The van der Waals surface area contributed by atoms with Crippen molar-refractivity contribution < 1.29 is 22.1 Å².